The highest BCUT2D eigenvalue weighted by molar-refractivity contribution is 5.97. The summed E-state index contributed by atoms with van der Waals surface area (Å²) in [5.41, 5.74) is 0.122. The second-order valence-corrected chi connectivity index (χ2v) is 4.91. The number of piperazine rings is 1. The lowest BCUT2D eigenvalue weighted by Gasteiger charge is -2.37. The minimum absolute atomic E-state index is 0.0731. The second-order valence-electron chi connectivity index (χ2n) is 4.91. The highest BCUT2D eigenvalue weighted by atomic mass is 16.5. The number of carbonyl (C=O) groups excluding carboxylic acids is 2. The molecule has 0 spiro atoms. The molecule has 1 aliphatic heterocycles. The summed E-state index contributed by atoms with van der Waals surface area (Å²) in [5.74, 6) is -0.203. The van der Waals surface area contributed by atoms with Gasteiger partial charge in [-0.15, -0.1) is 0 Å². The highest BCUT2D eigenvalue weighted by Crippen LogP contribution is 2.12. The van der Waals surface area contributed by atoms with Gasteiger partial charge in [0.15, 0.2) is 0 Å². The Bertz CT molecular complexity index is 337. The molecule has 0 saturated carbocycles. The SMILES string of the molecule is C=C(C)COCCN1CC(=O)NC(C)(C)C1=O. The van der Waals surface area contributed by atoms with Crippen LogP contribution in [0.25, 0.3) is 0 Å². The molecule has 5 nitrogen and oxygen atoms in total. The van der Waals surface area contributed by atoms with Crippen LogP contribution in [0, 0.1) is 0 Å². The Morgan fingerprint density at radius 3 is 2.76 bits per heavy atom. The molecular weight excluding hydrogens is 220 g/mol. The summed E-state index contributed by atoms with van der Waals surface area (Å²) in [7, 11) is 0. The number of nitrogens with one attached hydrogen (secondary N) is 1. The number of ether oxygens (including phenoxy) is 1. The third kappa shape index (κ3) is 3.85. The fraction of sp³-hybridized carbons (Fsp3) is 0.667. The lowest BCUT2D eigenvalue weighted by molar-refractivity contribution is -0.149. The van der Waals surface area contributed by atoms with Gasteiger partial charge in [-0.05, 0) is 20.8 Å². The van der Waals surface area contributed by atoms with Gasteiger partial charge >= 0.3 is 0 Å². The molecule has 96 valence electrons. The van der Waals surface area contributed by atoms with Crippen LogP contribution in [0.4, 0.5) is 0 Å². The number of hydrogen-bond donors (Lipinski definition) is 1. The predicted octanol–water partition coefficient (Wildman–Crippen LogP) is 0.316. The molecule has 5 heteroatoms. The summed E-state index contributed by atoms with van der Waals surface area (Å²) in [4.78, 5) is 24.9. The maximum atomic E-state index is 12.0. The topological polar surface area (TPSA) is 58.6 Å². The van der Waals surface area contributed by atoms with E-state index in [1.54, 1.807) is 13.8 Å². The molecule has 0 unspecified atom stereocenters. The zero-order valence-corrected chi connectivity index (χ0v) is 10.7. The van der Waals surface area contributed by atoms with Crippen molar-refractivity contribution in [3.05, 3.63) is 12.2 Å². The molecule has 0 atom stereocenters. The average molecular weight is 240 g/mol. The third-order valence-corrected chi connectivity index (χ3v) is 2.46. The summed E-state index contributed by atoms with van der Waals surface area (Å²) >= 11 is 0. The first-order chi connectivity index (χ1) is 7.83. The lowest BCUT2D eigenvalue weighted by atomic mass is 10.0. The maximum absolute atomic E-state index is 12.0. The average Bonchev–Trinajstić information content (AvgIpc) is 2.18. The molecule has 1 rings (SSSR count). The van der Waals surface area contributed by atoms with Crippen molar-refractivity contribution in [2.45, 2.75) is 26.3 Å². The van der Waals surface area contributed by atoms with Gasteiger partial charge in [0.1, 0.15) is 5.54 Å². The van der Waals surface area contributed by atoms with Crippen LogP contribution in [-0.2, 0) is 14.3 Å². The van der Waals surface area contributed by atoms with E-state index in [4.69, 9.17) is 4.74 Å². The molecule has 0 aliphatic carbocycles. The van der Waals surface area contributed by atoms with Gasteiger partial charge in [-0.2, -0.15) is 0 Å². The van der Waals surface area contributed by atoms with Gasteiger partial charge in [0, 0.05) is 6.54 Å². The van der Waals surface area contributed by atoms with Crippen LogP contribution in [0.15, 0.2) is 12.2 Å². The Labute approximate surface area is 102 Å². The zero-order valence-electron chi connectivity index (χ0n) is 10.7. The molecule has 1 aliphatic rings. The number of amides is 2. The maximum Gasteiger partial charge on any atom is 0.248 e. The Hall–Kier alpha value is -1.36. The molecule has 1 N–H and O–H groups in total. The molecule has 0 aromatic heterocycles. The van der Waals surface area contributed by atoms with Gasteiger partial charge in [-0.25, -0.2) is 0 Å². The van der Waals surface area contributed by atoms with Gasteiger partial charge < -0.3 is 15.0 Å². The number of hydrogen-bond acceptors (Lipinski definition) is 3. The molecule has 0 aromatic carbocycles. The first kappa shape index (κ1) is 13.7. The van der Waals surface area contributed by atoms with Crippen molar-refractivity contribution in [1.82, 2.24) is 10.2 Å². The number of rotatable bonds is 5. The first-order valence-corrected chi connectivity index (χ1v) is 5.65. The Morgan fingerprint density at radius 2 is 2.18 bits per heavy atom. The molecular formula is C12H20N2O3. The summed E-state index contributed by atoms with van der Waals surface area (Å²) in [6.45, 7) is 10.4. The second kappa shape index (κ2) is 5.31. The largest absolute Gasteiger partial charge is 0.375 e. The fourth-order valence-corrected chi connectivity index (χ4v) is 1.68. The van der Waals surface area contributed by atoms with Crippen molar-refractivity contribution in [1.29, 1.82) is 0 Å². The predicted molar refractivity (Wildman–Crippen MR) is 64.4 cm³/mol. The summed E-state index contributed by atoms with van der Waals surface area (Å²) < 4.78 is 5.32. The highest BCUT2D eigenvalue weighted by Gasteiger charge is 2.38. The van der Waals surface area contributed by atoms with Crippen LogP contribution in [0.5, 0.6) is 0 Å². The van der Waals surface area contributed by atoms with E-state index in [1.807, 2.05) is 6.92 Å². The third-order valence-electron chi connectivity index (χ3n) is 2.46. The van der Waals surface area contributed by atoms with Crippen LogP contribution >= 0.6 is 0 Å². The summed E-state index contributed by atoms with van der Waals surface area (Å²) in [6, 6.07) is 0. The van der Waals surface area contributed by atoms with E-state index in [2.05, 4.69) is 11.9 Å². The molecule has 1 saturated heterocycles. The van der Waals surface area contributed by atoms with Gasteiger partial charge in [-0.3, -0.25) is 9.59 Å². The van der Waals surface area contributed by atoms with Crippen molar-refractivity contribution in [3.8, 4) is 0 Å². The van der Waals surface area contributed by atoms with Crippen LogP contribution in [0.2, 0.25) is 0 Å². The quantitative estimate of drug-likeness (QED) is 0.556. The number of nitrogens with zero attached hydrogens (tertiary/aromatic N) is 1. The van der Waals surface area contributed by atoms with Gasteiger partial charge in [0.2, 0.25) is 11.8 Å². The normalized spacial score (nSPS) is 19.1. The van der Waals surface area contributed by atoms with E-state index >= 15 is 0 Å². The molecule has 0 radical (unpaired) electrons. The van der Waals surface area contributed by atoms with Crippen molar-refractivity contribution in [3.63, 3.8) is 0 Å². The Balaban J connectivity index is 2.44. The summed E-state index contributed by atoms with van der Waals surface area (Å²) in [5, 5.41) is 2.66. The molecule has 2 amide bonds. The number of carbonyl (C=O) groups is 2. The molecule has 17 heavy (non-hydrogen) atoms. The van der Waals surface area contributed by atoms with Crippen LogP contribution in [0.3, 0.4) is 0 Å². The van der Waals surface area contributed by atoms with E-state index in [-0.39, 0.29) is 18.4 Å². The Kier molecular flexibility index (Phi) is 4.28. The smallest absolute Gasteiger partial charge is 0.248 e. The first-order valence-electron chi connectivity index (χ1n) is 5.65. The zero-order chi connectivity index (χ0) is 13.1. The van der Waals surface area contributed by atoms with Crippen LogP contribution in [0.1, 0.15) is 20.8 Å². The van der Waals surface area contributed by atoms with E-state index in [0.717, 1.165) is 5.57 Å². The Morgan fingerprint density at radius 1 is 1.53 bits per heavy atom. The van der Waals surface area contributed by atoms with Crippen molar-refractivity contribution >= 4 is 11.8 Å². The van der Waals surface area contributed by atoms with E-state index in [1.165, 1.54) is 4.90 Å². The van der Waals surface area contributed by atoms with Crippen LogP contribution < -0.4 is 5.32 Å². The van der Waals surface area contributed by atoms with Crippen molar-refractivity contribution in [2.75, 3.05) is 26.3 Å². The molecule has 1 heterocycles. The summed E-state index contributed by atoms with van der Waals surface area (Å²) in [6.07, 6.45) is 0. The van der Waals surface area contributed by atoms with E-state index in [9.17, 15) is 9.59 Å². The molecule has 0 aromatic rings. The van der Waals surface area contributed by atoms with Gasteiger partial charge in [-0.1, -0.05) is 12.2 Å². The monoisotopic (exact) mass is 240 g/mol. The molecule has 0 bridgehead atoms. The standard InChI is InChI=1S/C12H20N2O3/c1-9(2)8-17-6-5-14-7-10(15)13-12(3,4)11(14)16/h1,5-8H2,2-4H3,(H,13,15). The van der Waals surface area contributed by atoms with E-state index < -0.39 is 5.54 Å². The van der Waals surface area contributed by atoms with Gasteiger partial charge in [0.05, 0.1) is 19.8 Å². The van der Waals surface area contributed by atoms with Crippen molar-refractivity contribution < 1.29 is 14.3 Å². The van der Waals surface area contributed by atoms with Crippen LogP contribution in [-0.4, -0.2) is 48.6 Å². The molecule has 1 fully saturated rings. The lowest BCUT2D eigenvalue weighted by Crippen LogP contribution is -2.64. The van der Waals surface area contributed by atoms with E-state index in [0.29, 0.717) is 19.8 Å². The fourth-order valence-electron chi connectivity index (χ4n) is 1.68. The minimum Gasteiger partial charge on any atom is -0.375 e. The minimum atomic E-state index is -0.816. The van der Waals surface area contributed by atoms with Crippen molar-refractivity contribution in [2.24, 2.45) is 0 Å². The van der Waals surface area contributed by atoms with Gasteiger partial charge in [0.25, 0.3) is 0 Å².